The first-order chi connectivity index (χ1) is 11.9. The third-order valence-electron chi connectivity index (χ3n) is 4.02. The highest BCUT2D eigenvalue weighted by molar-refractivity contribution is 8.04. The molecule has 2 N–H and O–H groups in total. The maximum Gasteiger partial charge on any atom is 0.338 e. The van der Waals surface area contributed by atoms with Crippen LogP contribution in [0, 0.1) is 0 Å². The van der Waals surface area contributed by atoms with Crippen molar-refractivity contribution in [1.29, 1.82) is 0 Å². The fourth-order valence-electron chi connectivity index (χ4n) is 2.89. The van der Waals surface area contributed by atoms with Crippen molar-refractivity contribution < 1.29 is 23.9 Å². The summed E-state index contributed by atoms with van der Waals surface area (Å²) in [6.45, 7) is 1.72. The predicted octanol–water partition coefficient (Wildman–Crippen LogP) is 1.54. The number of esters is 2. The number of carbonyl (C=O) groups is 3. The number of hydrogen-bond acceptors (Lipinski definition) is 8. The van der Waals surface area contributed by atoms with Crippen molar-refractivity contribution in [2.24, 2.45) is 5.73 Å². The second-order valence-corrected chi connectivity index (χ2v) is 7.69. The molecule has 1 aromatic rings. The molecule has 2 aliphatic rings. The van der Waals surface area contributed by atoms with E-state index < -0.39 is 23.1 Å². The van der Waals surface area contributed by atoms with Crippen molar-refractivity contribution in [3.63, 3.8) is 0 Å². The van der Waals surface area contributed by atoms with E-state index in [1.54, 1.807) is 13.0 Å². The first-order valence-corrected chi connectivity index (χ1v) is 9.12. The van der Waals surface area contributed by atoms with Gasteiger partial charge >= 0.3 is 11.9 Å². The van der Waals surface area contributed by atoms with E-state index in [2.05, 4.69) is 0 Å². The zero-order valence-corrected chi connectivity index (χ0v) is 15.4. The van der Waals surface area contributed by atoms with Gasteiger partial charge in [-0.1, -0.05) is 17.8 Å². The minimum Gasteiger partial charge on any atom is -0.466 e. The second-order valence-electron chi connectivity index (χ2n) is 5.38. The van der Waals surface area contributed by atoms with Gasteiger partial charge in [0.05, 0.1) is 41.6 Å². The molecular weight excluding hydrogens is 364 g/mol. The van der Waals surface area contributed by atoms with Gasteiger partial charge in [-0.15, -0.1) is 11.3 Å². The molecule has 1 saturated heterocycles. The quantitative estimate of drug-likeness (QED) is 0.794. The van der Waals surface area contributed by atoms with Crippen molar-refractivity contribution in [3.8, 4) is 0 Å². The molecule has 7 nitrogen and oxygen atoms in total. The Morgan fingerprint density at radius 2 is 1.84 bits per heavy atom. The van der Waals surface area contributed by atoms with Crippen LogP contribution in [0.5, 0.6) is 0 Å². The number of hydrogen-bond donors (Lipinski definition) is 1. The van der Waals surface area contributed by atoms with E-state index in [4.69, 9.17) is 15.2 Å². The predicted molar refractivity (Wildman–Crippen MR) is 93.2 cm³/mol. The molecule has 2 atom stereocenters. The third-order valence-corrected chi connectivity index (χ3v) is 6.14. The highest BCUT2D eigenvalue weighted by Gasteiger charge is 2.49. The Kier molecular flexibility index (Phi) is 4.61. The van der Waals surface area contributed by atoms with Crippen LogP contribution in [0.2, 0.25) is 0 Å². The van der Waals surface area contributed by atoms with Crippen LogP contribution < -0.4 is 5.73 Å². The number of methoxy groups -OCH3 is 2. The Labute approximate surface area is 152 Å². The molecule has 9 heteroatoms. The van der Waals surface area contributed by atoms with E-state index >= 15 is 0 Å². The number of thioether (sulfide) groups is 1. The summed E-state index contributed by atoms with van der Waals surface area (Å²) >= 11 is 2.61. The number of ether oxygens (including phenoxy) is 2. The molecule has 0 saturated carbocycles. The maximum absolute atomic E-state index is 12.5. The van der Waals surface area contributed by atoms with Gasteiger partial charge in [-0.3, -0.25) is 9.69 Å². The van der Waals surface area contributed by atoms with Gasteiger partial charge in [0.25, 0.3) is 0 Å². The molecule has 0 radical (unpaired) electrons. The summed E-state index contributed by atoms with van der Waals surface area (Å²) in [6.07, 6.45) is 0. The van der Waals surface area contributed by atoms with E-state index in [9.17, 15) is 14.4 Å². The van der Waals surface area contributed by atoms with Gasteiger partial charge in [0.15, 0.2) is 0 Å². The van der Waals surface area contributed by atoms with Crippen LogP contribution in [-0.4, -0.2) is 42.2 Å². The van der Waals surface area contributed by atoms with Gasteiger partial charge in [-0.05, 0) is 18.4 Å². The van der Waals surface area contributed by atoms with E-state index in [-0.39, 0.29) is 22.9 Å². The first kappa shape index (κ1) is 17.6. The monoisotopic (exact) mass is 380 g/mol. The summed E-state index contributed by atoms with van der Waals surface area (Å²) in [7, 11) is 2.49. The number of nitrogens with zero attached hydrogens (tertiary/aromatic N) is 1. The second kappa shape index (κ2) is 6.57. The molecule has 2 aliphatic heterocycles. The van der Waals surface area contributed by atoms with Gasteiger partial charge < -0.3 is 15.2 Å². The molecule has 1 fully saturated rings. The van der Waals surface area contributed by atoms with Gasteiger partial charge in [0.1, 0.15) is 5.82 Å². The average molecular weight is 380 g/mol. The fourth-order valence-corrected chi connectivity index (χ4v) is 4.89. The lowest BCUT2D eigenvalue weighted by Crippen LogP contribution is -2.39. The summed E-state index contributed by atoms with van der Waals surface area (Å²) in [6, 6.07) is 3.61. The number of carbonyl (C=O) groups excluding carboxylic acids is 3. The summed E-state index contributed by atoms with van der Waals surface area (Å²) in [4.78, 5) is 39.5. The number of rotatable bonds is 3. The van der Waals surface area contributed by atoms with Crippen LogP contribution in [0.4, 0.5) is 0 Å². The van der Waals surface area contributed by atoms with Crippen LogP contribution in [0.25, 0.3) is 0 Å². The zero-order valence-electron chi connectivity index (χ0n) is 13.8. The van der Waals surface area contributed by atoms with E-state index in [0.29, 0.717) is 5.03 Å². The molecule has 3 rings (SSSR count). The van der Waals surface area contributed by atoms with Crippen molar-refractivity contribution in [2.75, 3.05) is 14.2 Å². The topological polar surface area (TPSA) is 98.9 Å². The van der Waals surface area contributed by atoms with Crippen LogP contribution in [-0.2, 0) is 23.9 Å². The van der Waals surface area contributed by atoms with Crippen LogP contribution >= 0.6 is 23.1 Å². The molecule has 132 valence electrons. The lowest BCUT2D eigenvalue weighted by Gasteiger charge is -2.32. The Bertz CT molecular complexity index is 813. The smallest absolute Gasteiger partial charge is 0.338 e. The molecule has 0 aromatic carbocycles. The first-order valence-electron chi connectivity index (χ1n) is 7.36. The number of fused-ring (bicyclic) bond motifs is 1. The summed E-state index contributed by atoms with van der Waals surface area (Å²) in [5, 5.41) is 1.82. The lowest BCUT2D eigenvalue weighted by molar-refractivity contribution is -0.137. The van der Waals surface area contributed by atoms with Gasteiger partial charge in [0.2, 0.25) is 5.91 Å². The Balaban J connectivity index is 2.31. The summed E-state index contributed by atoms with van der Waals surface area (Å²) < 4.78 is 9.80. The average Bonchev–Trinajstić information content (AvgIpc) is 3.22. The fraction of sp³-hybridized carbons (Fsp3) is 0.312. The van der Waals surface area contributed by atoms with E-state index in [1.165, 1.54) is 42.2 Å². The Morgan fingerprint density at radius 3 is 2.40 bits per heavy atom. The minimum atomic E-state index is -0.739. The standard InChI is InChI=1S/C16H16N2O5S2/c1-7-13(19)18-12(17)10(15(20)22-2)9(8-5-4-6-24-8)11(14(18)25-7)16(21)23-3/h4-7,9H,17H2,1-3H3. The van der Waals surface area contributed by atoms with Crippen LogP contribution in [0.3, 0.4) is 0 Å². The highest BCUT2D eigenvalue weighted by Crippen LogP contribution is 2.50. The maximum atomic E-state index is 12.5. The Hall–Kier alpha value is -2.26. The lowest BCUT2D eigenvalue weighted by atomic mass is 9.86. The number of amides is 1. The molecule has 3 heterocycles. The summed E-state index contributed by atoms with van der Waals surface area (Å²) in [5.74, 6) is -2.33. The largest absolute Gasteiger partial charge is 0.466 e. The van der Waals surface area contributed by atoms with Crippen LogP contribution in [0.15, 0.2) is 39.5 Å². The van der Waals surface area contributed by atoms with E-state index in [1.807, 2.05) is 11.4 Å². The SMILES string of the molecule is COC(=O)C1=C(N)N2C(=O)C(C)SC2=C(C(=O)OC)C1c1cccs1. The van der Waals surface area contributed by atoms with Crippen LogP contribution in [0.1, 0.15) is 17.7 Å². The molecule has 0 aliphatic carbocycles. The third kappa shape index (κ3) is 2.63. The molecule has 1 amide bonds. The minimum absolute atomic E-state index is 0.00486. The van der Waals surface area contributed by atoms with Crippen molar-refractivity contribution in [1.82, 2.24) is 4.90 Å². The normalized spacial score (nSPS) is 23.0. The molecule has 0 bridgehead atoms. The van der Waals surface area contributed by atoms with Gasteiger partial charge in [-0.25, -0.2) is 9.59 Å². The van der Waals surface area contributed by atoms with Crippen molar-refractivity contribution in [2.45, 2.75) is 18.1 Å². The Morgan fingerprint density at radius 1 is 1.20 bits per heavy atom. The molecule has 1 aromatic heterocycles. The summed E-state index contributed by atoms with van der Waals surface area (Å²) in [5.41, 5.74) is 6.47. The highest BCUT2D eigenvalue weighted by atomic mass is 32.2. The molecule has 0 spiro atoms. The number of thiophene rings is 1. The van der Waals surface area contributed by atoms with Crippen molar-refractivity contribution in [3.05, 3.63) is 44.4 Å². The zero-order chi connectivity index (χ0) is 18.3. The molecule has 25 heavy (non-hydrogen) atoms. The van der Waals surface area contributed by atoms with Crippen molar-refractivity contribution >= 4 is 40.9 Å². The van der Waals surface area contributed by atoms with Gasteiger partial charge in [-0.2, -0.15) is 0 Å². The molecular formula is C16H16N2O5S2. The number of nitrogens with two attached hydrogens (primary N) is 1. The van der Waals surface area contributed by atoms with E-state index in [0.717, 1.165) is 4.88 Å². The van der Waals surface area contributed by atoms with Gasteiger partial charge in [0, 0.05) is 4.88 Å². The molecule has 2 unspecified atom stereocenters.